The first kappa shape index (κ1) is 20.1. The zero-order chi connectivity index (χ0) is 22.4. The molecular weight excluding hydrogens is 419 g/mol. The van der Waals surface area contributed by atoms with Crippen LogP contribution in [0.1, 0.15) is 5.56 Å². The number of rotatable bonds is 5. The number of fused-ring (bicyclic) bond motifs is 1. The van der Waals surface area contributed by atoms with Crippen LogP contribution < -0.4 is 10.9 Å². The van der Waals surface area contributed by atoms with E-state index in [-0.39, 0.29) is 10.9 Å². The van der Waals surface area contributed by atoms with Crippen molar-refractivity contribution in [1.29, 1.82) is 0 Å². The molecule has 0 atom stereocenters. The summed E-state index contributed by atoms with van der Waals surface area (Å²) in [5.41, 5.74) is 3.25. The molecular formula is C26H23FN4O2. The van der Waals surface area contributed by atoms with Gasteiger partial charge in [0.25, 0.3) is 5.56 Å². The molecule has 0 unspecified atom stereocenters. The number of para-hydroxylation sites is 1. The third kappa shape index (κ3) is 3.69. The fraction of sp³-hybridized carbons (Fsp3) is 0.231. The second-order valence-electron chi connectivity index (χ2n) is 9.03. The van der Waals surface area contributed by atoms with Crippen molar-refractivity contribution in [2.24, 2.45) is 5.41 Å². The van der Waals surface area contributed by atoms with Gasteiger partial charge in [0.2, 0.25) is 5.95 Å². The van der Waals surface area contributed by atoms with Crippen LogP contribution in [0.25, 0.3) is 16.6 Å². The second kappa shape index (κ2) is 7.79. The molecule has 2 aliphatic heterocycles. The van der Waals surface area contributed by atoms with E-state index in [1.807, 2.05) is 42.5 Å². The second-order valence-corrected chi connectivity index (χ2v) is 9.03. The third-order valence-electron chi connectivity index (χ3n) is 6.40. The number of nitrogens with zero attached hydrogens (tertiary/aromatic N) is 3. The van der Waals surface area contributed by atoms with Gasteiger partial charge in [0.1, 0.15) is 5.82 Å². The van der Waals surface area contributed by atoms with E-state index >= 15 is 0 Å². The Morgan fingerprint density at radius 2 is 1.76 bits per heavy atom. The van der Waals surface area contributed by atoms with Gasteiger partial charge in [-0.15, -0.1) is 0 Å². The lowest BCUT2D eigenvalue weighted by atomic mass is 9.78. The molecule has 33 heavy (non-hydrogen) atoms. The van der Waals surface area contributed by atoms with Crippen LogP contribution in [0.4, 0.5) is 16.0 Å². The minimum Gasteiger partial charge on any atom is -0.380 e. The fourth-order valence-corrected chi connectivity index (χ4v) is 4.73. The molecule has 1 N–H and O–H groups in total. The highest BCUT2D eigenvalue weighted by Gasteiger charge is 2.48. The number of hydrogen-bond donors (Lipinski definition) is 1. The SMILES string of the molecule is O=c1c2cc(F)ccc2nc(Nc2ccc(CN3CC4(COC4)C3)cc2)n1-c1ccccc1. The summed E-state index contributed by atoms with van der Waals surface area (Å²) in [5, 5.41) is 3.53. The summed E-state index contributed by atoms with van der Waals surface area (Å²) in [6, 6.07) is 21.5. The van der Waals surface area contributed by atoms with Gasteiger partial charge in [0, 0.05) is 30.7 Å². The average molecular weight is 442 g/mol. The van der Waals surface area contributed by atoms with E-state index in [0.717, 1.165) is 38.5 Å². The molecule has 6 rings (SSSR count). The molecule has 2 fully saturated rings. The largest absolute Gasteiger partial charge is 0.380 e. The third-order valence-corrected chi connectivity index (χ3v) is 6.40. The first-order valence-corrected chi connectivity index (χ1v) is 11.0. The first-order chi connectivity index (χ1) is 16.1. The van der Waals surface area contributed by atoms with Gasteiger partial charge in [-0.2, -0.15) is 0 Å². The Labute approximate surface area is 190 Å². The monoisotopic (exact) mass is 442 g/mol. The molecule has 0 radical (unpaired) electrons. The van der Waals surface area contributed by atoms with Crippen molar-refractivity contribution in [2.75, 3.05) is 31.6 Å². The van der Waals surface area contributed by atoms with Crippen molar-refractivity contribution < 1.29 is 9.13 Å². The maximum absolute atomic E-state index is 13.8. The van der Waals surface area contributed by atoms with E-state index < -0.39 is 5.82 Å². The Morgan fingerprint density at radius 1 is 1.00 bits per heavy atom. The Kier molecular flexibility index (Phi) is 4.74. The van der Waals surface area contributed by atoms with Crippen LogP contribution in [0.2, 0.25) is 0 Å². The lowest BCUT2D eigenvalue weighted by molar-refractivity contribution is -0.191. The molecule has 1 spiro atoms. The summed E-state index contributed by atoms with van der Waals surface area (Å²) in [6.07, 6.45) is 0. The molecule has 166 valence electrons. The van der Waals surface area contributed by atoms with Crippen molar-refractivity contribution in [3.63, 3.8) is 0 Å². The van der Waals surface area contributed by atoms with E-state index in [2.05, 4.69) is 27.3 Å². The van der Waals surface area contributed by atoms with Gasteiger partial charge in [0.05, 0.1) is 29.8 Å². The van der Waals surface area contributed by atoms with Crippen molar-refractivity contribution in [1.82, 2.24) is 14.5 Å². The number of hydrogen-bond acceptors (Lipinski definition) is 5. The number of aromatic nitrogens is 2. The predicted molar refractivity (Wildman–Crippen MR) is 126 cm³/mol. The van der Waals surface area contributed by atoms with Crippen LogP contribution in [0.15, 0.2) is 77.6 Å². The maximum atomic E-state index is 13.8. The highest BCUT2D eigenvalue weighted by Crippen LogP contribution is 2.38. The number of halogens is 1. The van der Waals surface area contributed by atoms with Gasteiger partial charge in [-0.3, -0.25) is 9.69 Å². The van der Waals surface area contributed by atoms with Crippen molar-refractivity contribution in [3.8, 4) is 5.69 Å². The van der Waals surface area contributed by atoms with E-state index in [9.17, 15) is 9.18 Å². The van der Waals surface area contributed by atoms with Gasteiger partial charge in [0.15, 0.2) is 0 Å². The van der Waals surface area contributed by atoms with Gasteiger partial charge < -0.3 is 10.1 Å². The molecule has 0 amide bonds. The summed E-state index contributed by atoms with van der Waals surface area (Å²) in [5.74, 6) is -0.0806. The zero-order valence-electron chi connectivity index (χ0n) is 18.0. The summed E-state index contributed by atoms with van der Waals surface area (Å²) >= 11 is 0. The number of nitrogens with one attached hydrogen (secondary N) is 1. The van der Waals surface area contributed by atoms with Crippen molar-refractivity contribution in [2.45, 2.75) is 6.54 Å². The smallest absolute Gasteiger partial charge is 0.267 e. The van der Waals surface area contributed by atoms with Crippen LogP contribution >= 0.6 is 0 Å². The van der Waals surface area contributed by atoms with Crippen LogP contribution in [0.5, 0.6) is 0 Å². The molecule has 0 aliphatic carbocycles. The summed E-state index contributed by atoms with van der Waals surface area (Å²) in [4.78, 5) is 20.4. The quantitative estimate of drug-likeness (QED) is 0.504. The van der Waals surface area contributed by atoms with Gasteiger partial charge in [-0.1, -0.05) is 30.3 Å². The molecule has 7 heteroatoms. The number of benzene rings is 3. The Morgan fingerprint density at radius 3 is 2.45 bits per heavy atom. The van der Waals surface area contributed by atoms with E-state index in [0.29, 0.717) is 22.6 Å². The molecule has 0 saturated carbocycles. The fourth-order valence-electron chi connectivity index (χ4n) is 4.73. The molecule has 3 aromatic carbocycles. The average Bonchev–Trinajstić information content (AvgIpc) is 2.77. The van der Waals surface area contributed by atoms with E-state index in [1.165, 1.54) is 28.3 Å². The van der Waals surface area contributed by atoms with Crippen molar-refractivity contribution >= 4 is 22.5 Å². The standard InChI is InChI=1S/C26H23FN4O2/c27-19-8-11-23-22(12-19)24(32)31(21-4-2-1-3-5-21)25(29-23)28-20-9-6-18(7-10-20)13-30-14-26(15-30)16-33-17-26/h1-12H,13-17H2,(H,28,29). The number of anilines is 2. The number of likely N-dealkylation sites (tertiary alicyclic amines) is 1. The van der Waals surface area contributed by atoms with E-state index in [1.54, 1.807) is 0 Å². The van der Waals surface area contributed by atoms with Crippen LogP contribution in [0.3, 0.4) is 0 Å². The molecule has 0 bridgehead atoms. The molecule has 2 saturated heterocycles. The predicted octanol–water partition coefficient (Wildman–Crippen LogP) is 4.10. The van der Waals surface area contributed by atoms with Gasteiger partial charge >= 0.3 is 0 Å². The van der Waals surface area contributed by atoms with Crippen LogP contribution in [-0.2, 0) is 11.3 Å². The molecule has 4 aromatic rings. The zero-order valence-corrected chi connectivity index (χ0v) is 18.0. The lowest BCUT2D eigenvalue weighted by Crippen LogP contribution is -2.65. The number of ether oxygens (including phenoxy) is 1. The summed E-state index contributed by atoms with van der Waals surface area (Å²) < 4.78 is 20.7. The Bertz CT molecular complexity index is 1370. The van der Waals surface area contributed by atoms with Gasteiger partial charge in [-0.25, -0.2) is 13.9 Å². The molecule has 3 heterocycles. The molecule has 1 aromatic heterocycles. The highest BCUT2D eigenvalue weighted by atomic mass is 19.1. The topological polar surface area (TPSA) is 59.4 Å². The Balaban J connectivity index is 1.29. The maximum Gasteiger partial charge on any atom is 0.267 e. The Hall–Kier alpha value is -3.55. The minimum absolute atomic E-state index is 0.240. The van der Waals surface area contributed by atoms with Gasteiger partial charge in [-0.05, 0) is 48.0 Å². The van der Waals surface area contributed by atoms with Crippen LogP contribution in [-0.4, -0.2) is 40.8 Å². The van der Waals surface area contributed by atoms with Crippen LogP contribution in [0, 0.1) is 11.2 Å². The summed E-state index contributed by atoms with van der Waals surface area (Å²) in [7, 11) is 0. The van der Waals surface area contributed by atoms with Crippen molar-refractivity contribution in [3.05, 3.63) is 94.5 Å². The normalized spacial score (nSPS) is 17.0. The molecule has 2 aliphatic rings. The minimum atomic E-state index is -0.463. The first-order valence-electron chi connectivity index (χ1n) is 11.0. The molecule has 6 nitrogen and oxygen atoms in total. The van der Waals surface area contributed by atoms with E-state index in [4.69, 9.17) is 4.74 Å². The lowest BCUT2D eigenvalue weighted by Gasteiger charge is -2.55. The summed E-state index contributed by atoms with van der Waals surface area (Å²) in [6.45, 7) is 4.88. The highest BCUT2D eigenvalue weighted by molar-refractivity contribution is 5.80.